The Bertz CT molecular complexity index is 898. The molecule has 0 radical (unpaired) electrons. The number of benzene rings is 2. The van der Waals surface area contributed by atoms with Crippen molar-refractivity contribution < 1.29 is 0 Å². The Morgan fingerprint density at radius 1 is 0.724 bits per heavy atom. The van der Waals surface area contributed by atoms with E-state index in [4.69, 9.17) is 23.2 Å². The number of anilines is 5. The molecule has 0 saturated heterocycles. The van der Waals surface area contributed by atoms with E-state index in [-0.39, 0.29) is 0 Å². The van der Waals surface area contributed by atoms with Gasteiger partial charge in [-0.3, -0.25) is 0 Å². The molecule has 148 valence electrons. The van der Waals surface area contributed by atoms with Crippen LogP contribution in [0.4, 0.5) is 29.2 Å². The first kappa shape index (κ1) is 20.6. The Hall–Kier alpha value is -3.09. The third-order valence-electron chi connectivity index (χ3n) is 3.81. The minimum absolute atomic E-state index is 0.395. The van der Waals surface area contributed by atoms with Crippen molar-refractivity contribution >= 4 is 52.4 Å². The maximum absolute atomic E-state index is 5.96. The van der Waals surface area contributed by atoms with Crippen LogP contribution in [0, 0.1) is 0 Å². The highest BCUT2D eigenvalue weighted by Crippen LogP contribution is 2.22. The normalized spacial score (nSPS) is 10.3. The number of aromatic nitrogens is 3. The fraction of sp³-hybridized carbons (Fsp3) is 0.0952. The van der Waals surface area contributed by atoms with E-state index in [0.29, 0.717) is 41.0 Å². The van der Waals surface area contributed by atoms with Gasteiger partial charge in [0.25, 0.3) is 0 Å². The van der Waals surface area contributed by atoms with Crippen LogP contribution in [-0.2, 0) is 0 Å². The standard InChI is InChI=1S/C21H20Cl2N6/c1-3-13-29(14-4-2)21-27-19(24-17-9-5-15(22)6-10-17)26-20(28-21)25-18-11-7-16(23)8-12-18/h3-12H,1-2,13-14H2,(H2,24,25,26,27,28). The summed E-state index contributed by atoms with van der Waals surface area (Å²) in [4.78, 5) is 15.5. The lowest BCUT2D eigenvalue weighted by molar-refractivity contribution is 0.878. The molecule has 8 heteroatoms. The molecule has 6 nitrogen and oxygen atoms in total. The van der Waals surface area contributed by atoms with Crippen molar-refractivity contribution in [2.75, 3.05) is 28.6 Å². The Labute approximate surface area is 179 Å². The van der Waals surface area contributed by atoms with Gasteiger partial charge in [-0.05, 0) is 48.5 Å². The molecule has 0 fully saturated rings. The molecule has 0 aliphatic heterocycles. The van der Waals surface area contributed by atoms with Crippen LogP contribution in [0.15, 0.2) is 73.8 Å². The SMILES string of the molecule is C=CCN(CC=C)c1nc(Nc2ccc(Cl)cc2)nc(Nc2ccc(Cl)cc2)n1. The van der Waals surface area contributed by atoms with Crippen LogP contribution >= 0.6 is 23.2 Å². The third kappa shape index (κ3) is 5.94. The first-order valence-corrected chi connectivity index (χ1v) is 9.61. The molecular formula is C21H20Cl2N6. The van der Waals surface area contributed by atoms with Crippen LogP contribution in [0.25, 0.3) is 0 Å². The van der Waals surface area contributed by atoms with Gasteiger partial charge in [0.05, 0.1) is 0 Å². The predicted molar refractivity (Wildman–Crippen MR) is 122 cm³/mol. The van der Waals surface area contributed by atoms with Crippen LogP contribution < -0.4 is 15.5 Å². The van der Waals surface area contributed by atoms with Crippen molar-refractivity contribution in [1.82, 2.24) is 15.0 Å². The van der Waals surface area contributed by atoms with E-state index >= 15 is 0 Å². The number of rotatable bonds is 9. The van der Waals surface area contributed by atoms with E-state index in [1.165, 1.54) is 0 Å². The van der Waals surface area contributed by atoms with Gasteiger partial charge < -0.3 is 15.5 Å². The lowest BCUT2D eigenvalue weighted by atomic mass is 10.3. The van der Waals surface area contributed by atoms with Crippen molar-refractivity contribution in [3.05, 3.63) is 83.9 Å². The van der Waals surface area contributed by atoms with Crippen molar-refractivity contribution in [2.45, 2.75) is 0 Å². The van der Waals surface area contributed by atoms with Gasteiger partial charge in [0, 0.05) is 34.5 Å². The number of nitrogens with one attached hydrogen (secondary N) is 2. The van der Waals surface area contributed by atoms with Crippen molar-refractivity contribution in [2.24, 2.45) is 0 Å². The Morgan fingerprint density at radius 2 is 1.14 bits per heavy atom. The van der Waals surface area contributed by atoms with Gasteiger partial charge >= 0.3 is 0 Å². The van der Waals surface area contributed by atoms with Gasteiger partial charge in [0.2, 0.25) is 17.8 Å². The number of nitrogens with zero attached hydrogens (tertiary/aromatic N) is 4. The number of hydrogen-bond donors (Lipinski definition) is 2. The molecule has 1 heterocycles. The van der Waals surface area contributed by atoms with E-state index < -0.39 is 0 Å². The quantitative estimate of drug-likeness (QED) is 0.418. The summed E-state index contributed by atoms with van der Waals surface area (Å²) >= 11 is 11.9. The van der Waals surface area contributed by atoms with Gasteiger partial charge in [-0.2, -0.15) is 15.0 Å². The highest BCUT2D eigenvalue weighted by atomic mass is 35.5. The maximum Gasteiger partial charge on any atom is 0.233 e. The molecule has 3 rings (SSSR count). The van der Waals surface area contributed by atoms with E-state index in [1.807, 2.05) is 29.2 Å². The van der Waals surface area contributed by atoms with Crippen LogP contribution in [0.3, 0.4) is 0 Å². The smallest absolute Gasteiger partial charge is 0.233 e. The lowest BCUT2D eigenvalue weighted by Gasteiger charge is -2.20. The maximum atomic E-state index is 5.96. The highest BCUT2D eigenvalue weighted by molar-refractivity contribution is 6.30. The molecule has 1 aromatic heterocycles. The van der Waals surface area contributed by atoms with E-state index in [0.717, 1.165) is 11.4 Å². The van der Waals surface area contributed by atoms with Crippen LogP contribution in [0.5, 0.6) is 0 Å². The molecule has 0 amide bonds. The third-order valence-corrected chi connectivity index (χ3v) is 4.31. The second kappa shape index (κ2) is 9.91. The van der Waals surface area contributed by atoms with Gasteiger partial charge in [-0.25, -0.2) is 0 Å². The van der Waals surface area contributed by atoms with Gasteiger partial charge in [-0.15, -0.1) is 13.2 Å². The zero-order valence-electron chi connectivity index (χ0n) is 15.6. The summed E-state index contributed by atoms with van der Waals surface area (Å²) in [6, 6.07) is 14.6. The van der Waals surface area contributed by atoms with E-state index in [9.17, 15) is 0 Å². The Balaban J connectivity index is 1.95. The average Bonchev–Trinajstić information content (AvgIpc) is 2.71. The number of hydrogen-bond acceptors (Lipinski definition) is 6. The summed E-state index contributed by atoms with van der Waals surface area (Å²) in [5, 5.41) is 7.68. The number of halogens is 2. The van der Waals surface area contributed by atoms with Crippen molar-refractivity contribution in [3.8, 4) is 0 Å². The molecule has 0 bridgehead atoms. The molecule has 2 N–H and O–H groups in total. The topological polar surface area (TPSA) is 66.0 Å². The van der Waals surface area contributed by atoms with Crippen LogP contribution in [0.2, 0.25) is 10.0 Å². The molecular weight excluding hydrogens is 407 g/mol. The lowest BCUT2D eigenvalue weighted by Crippen LogP contribution is -2.26. The monoisotopic (exact) mass is 426 g/mol. The molecule has 0 unspecified atom stereocenters. The van der Waals surface area contributed by atoms with Gasteiger partial charge in [0.15, 0.2) is 0 Å². The zero-order valence-corrected chi connectivity index (χ0v) is 17.2. The second-order valence-electron chi connectivity index (χ2n) is 6.03. The molecule has 0 atom stereocenters. The van der Waals surface area contributed by atoms with Gasteiger partial charge in [-0.1, -0.05) is 35.4 Å². The molecule has 0 saturated carbocycles. The summed E-state index contributed by atoms with van der Waals surface area (Å²) in [6.07, 6.45) is 3.57. The predicted octanol–water partition coefficient (Wildman–Crippen LogP) is 5.84. The van der Waals surface area contributed by atoms with Crippen LogP contribution in [-0.4, -0.2) is 28.0 Å². The molecule has 2 aromatic carbocycles. The molecule has 3 aromatic rings. The fourth-order valence-corrected chi connectivity index (χ4v) is 2.74. The van der Waals surface area contributed by atoms with Gasteiger partial charge in [0.1, 0.15) is 0 Å². The Kier molecular flexibility index (Phi) is 7.05. The minimum Gasteiger partial charge on any atom is -0.333 e. The summed E-state index contributed by atoms with van der Waals surface area (Å²) in [6.45, 7) is 8.74. The second-order valence-corrected chi connectivity index (χ2v) is 6.90. The first-order valence-electron chi connectivity index (χ1n) is 8.85. The fourth-order valence-electron chi connectivity index (χ4n) is 2.49. The largest absolute Gasteiger partial charge is 0.333 e. The van der Waals surface area contributed by atoms with E-state index in [2.05, 4.69) is 38.7 Å². The summed E-state index contributed by atoms with van der Waals surface area (Å²) in [5.41, 5.74) is 1.62. The van der Waals surface area contributed by atoms with Crippen molar-refractivity contribution in [1.29, 1.82) is 0 Å². The van der Waals surface area contributed by atoms with Crippen LogP contribution in [0.1, 0.15) is 0 Å². The molecule has 0 spiro atoms. The van der Waals surface area contributed by atoms with E-state index in [1.54, 1.807) is 36.4 Å². The summed E-state index contributed by atoms with van der Waals surface area (Å²) in [7, 11) is 0. The molecule has 0 aliphatic carbocycles. The zero-order chi connectivity index (χ0) is 20.6. The average molecular weight is 427 g/mol. The summed E-state index contributed by atoms with van der Waals surface area (Å²) in [5.74, 6) is 1.28. The highest BCUT2D eigenvalue weighted by Gasteiger charge is 2.13. The van der Waals surface area contributed by atoms with Crippen molar-refractivity contribution in [3.63, 3.8) is 0 Å². The summed E-state index contributed by atoms with van der Waals surface area (Å²) < 4.78 is 0. The molecule has 0 aliphatic rings. The minimum atomic E-state index is 0.395. The first-order chi connectivity index (χ1) is 14.1. The Morgan fingerprint density at radius 3 is 1.52 bits per heavy atom. The molecule has 29 heavy (non-hydrogen) atoms.